The molecule has 0 unspecified atom stereocenters. The second-order valence-electron chi connectivity index (χ2n) is 2.92. The van der Waals surface area contributed by atoms with Gasteiger partial charge in [0.25, 0.3) is 0 Å². The molecule has 1 aromatic rings. The first-order valence-electron chi connectivity index (χ1n) is 3.83. The van der Waals surface area contributed by atoms with Gasteiger partial charge in [-0.05, 0) is 31.9 Å². The molecule has 0 atom stereocenters. The topological polar surface area (TPSA) is 53.4 Å². The number of hydrogen-bond donors (Lipinski definition) is 2. The molecule has 0 aromatic carbocycles. The monoisotopic (exact) mass is 165 g/mol. The van der Waals surface area contributed by atoms with E-state index in [1.54, 1.807) is 0 Å². The van der Waals surface area contributed by atoms with Crippen LogP contribution in [0.2, 0.25) is 0 Å². The molecule has 0 aliphatic carbocycles. The molecule has 0 aliphatic rings. The van der Waals surface area contributed by atoms with Crippen LogP contribution in [0.25, 0.3) is 0 Å². The van der Waals surface area contributed by atoms with Gasteiger partial charge >= 0.3 is 7.12 Å². The van der Waals surface area contributed by atoms with Gasteiger partial charge in [0.05, 0.1) is 0 Å². The smallest absolute Gasteiger partial charge is 0.423 e. The van der Waals surface area contributed by atoms with E-state index in [1.807, 2.05) is 20.8 Å². The average molecular weight is 165 g/mol. The van der Waals surface area contributed by atoms with Crippen molar-refractivity contribution in [2.45, 2.75) is 20.8 Å². The highest BCUT2D eigenvalue weighted by Gasteiger charge is 2.15. The summed E-state index contributed by atoms with van der Waals surface area (Å²) < 4.78 is 0. The van der Waals surface area contributed by atoms with Crippen molar-refractivity contribution in [3.63, 3.8) is 0 Å². The van der Waals surface area contributed by atoms with Gasteiger partial charge in [-0.2, -0.15) is 0 Å². The van der Waals surface area contributed by atoms with Crippen LogP contribution in [0.3, 0.4) is 0 Å². The number of hydrogen-bond acceptors (Lipinski definition) is 3. The Labute approximate surface area is 72.2 Å². The van der Waals surface area contributed by atoms with Crippen LogP contribution in [0.5, 0.6) is 0 Å². The second-order valence-corrected chi connectivity index (χ2v) is 2.92. The Balaban J connectivity index is 3.27. The molecule has 0 aliphatic heterocycles. The Bertz CT molecular complexity index is 299. The van der Waals surface area contributed by atoms with E-state index in [9.17, 15) is 0 Å². The van der Waals surface area contributed by atoms with Crippen molar-refractivity contribution < 1.29 is 10.0 Å². The molecule has 0 radical (unpaired) electrons. The molecule has 2 N–H and O–H groups in total. The normalized spacial score (nSPS) is 10.1. The van der Waals surface area contributed by atoms with E-state index in [0.29, 0.717) is 5.46 Å². The van der Waals surface area contributed by atoms with Crippen LogP contribution in [-0.4, -0.2) is 22.2 Å². The Morgan fingerprint density at radius 3 is 2.25 bits per heavy atom. The fraction of sp³-hybridized carbons (Fsp3) is 0.375. The quantitative estimate of drug-likeness (QED) is 0.561. The van der Waals surface area contributed by atoms with Gasteiger partial charge in [-0.1, -0.05) is 0 Å². The van der Waals surface area contributed by atoms with Crippen molar-refractivity contribution >= 4 is 12.6 Å². The molecule has 0 spiro atoms. The maximum Gasteiger partial charge on any atom is 0.490 e. The van der Waals surface area contributed by atoms with E-state index in [-0.39, 0.29) is 0 Å². The molecule has 4 heteroatoms. The second kappa shape index (κ2) is 3.25. The molecule has 12 heavy (non-hydrogen) atoms. The lowest BCUT2D eigenvalue weighted by Gasteiger charge is -2.08. The predicted molar refractivity (Wildman–Crippen MR) is 48.3 cm³/mol. The summed E-state index contributed by atoms with van der Waals surface area (Å²) in [6.07, 6.45) is 1.50. The highest BCUT2D eigenvalue weighted by Crippen LogP contribution is 2.06. The fourth-order valence-electron chi connectivity index (χ4n) is 1.11. The minimum atomic E-state index is -1.42. The largest absolute Gasteiger partial charge is 0.490 e. The van der Waals surface area contributed by atoms with Crippen molar-refractivity contribution in [1.29, 1.82) is 0 Å². The Kier molecular flexibility index (Phi) is 2.50. The standard InChI is InChI=1S/C8H12BNO2/c1-5-6(2)8(9(11)12)4-10-7(5)3/h4,11-12H,1-3H3. The van der Waals surface area contributed by atoms with Crippen molar-refractivity contribution in [2.24, 2.45) is 0 Å². The Morgan fingerprint density at radius 1 is 1.17 bits per heavy atom. The van der Waals surface area contributed by atoms with Crippen LogP contribution in [0.1, 0.15) is 16.8 Å². The van der Waals surface area contributed by atoms with Gasteiger partial charge < -0.3 is 10.0 Å². The van der Waals surface area contributed by atoms with E-state index >= 15 is 0 Å². The first kappa shape index (κ1) is 9.22. The molecule has 0 bridgehead atoms. The highest BCUT2D eigenvalue weighted by molar-refractivity contribution is 6.59. The first-order valence-corrected chi connectivity index (χ1v) is 3.83. The zero-order valence-corrected chi connectivity index (χ0v) is 7.50. The van der Waals surface area contributed by atoms with Gasteiger partial charge in [0.15, 0.2) is 0 Å². The van der Waals surface area contributed by atoms with E-state index < -0.39 is 7.12 Å². The van der Waals surface area contributed by atoms with Crippen LogP contribution in [0, 0.1) is 20.8 Å². The van der Waals surface area contributed by atoms with Crippen molar-refractivity contribution in [3.05, 3.63) is 23.0 Å². The van der Waals surface area contributed by atoms with Gasteiger partial charge in [0.2, 0.25) is 0 Å². The van der Waals surface area contributed by atoms with Gasteiger partial charge in [-0.3, -0.25) is 4.98 Å². The lowest BCUT2D eigenvalue weighted by Crippen LogP contribution is -2.33. The van der Waals surface area contributed by atoms with Crippen LogP contribution < -0.4 is 5.46 Å². The van der Waals surface area contributed by atoms with Crippen LogP contribution in [0.4, 0.5) is 0 Å². The summed E-state index contributed by atoms with van der Waals surface area (Å²) in [7, 11) is -1.42. The average Bonchev–Trinajstić information content (AvgIpc) is 2.00. The zero-order chi connectivity index (χ0) is 9.30. The summed E-state index contributed by atoms with van der Waals surface area (Å²) in [5.74, 6) is 0. The van der Waals surface area contributed by atoms with Crippen molar-refractivity contribution in [2.75, 3.05) is 0 Å². The fourth-order valence-corrected chi connectivity index (χ4v) is 1.11. The Hall–Kier alpha value is -0.865. The minimum Gasteiger partial charge on any atom is -0.423 e. The minimum absolute atomic E-state index is 0.484. The summed E-state index contributed by atoms with van der Waals surface area (Å²) >= 11 is 0. The van der Waals surface area contributed by atoms with Gasteiger partial charge in [-0.25, -0.2) is 0 Å². The number of rotatable bonds is 1. The summed E-state index contributed by atoms with van der Waals surface area (Å²) in [6.45, 7) is 5.68. The van der Waals surface area contributed by atoms with Crippen LogP contribution in [-0.2, 0) is 0 Å². The molecule has 1 aromatic heterocycles. The van der Waals surface area contributed by atoms with E-state index in [0.717, 1.165) is 16.8 Å². The summed E-state index contributed by atoms with van der Waals surface area (Å²) in [6, 6.07) is 0. The molecule has 0 saturated carbocycles. The van der Waals surface area contributed by atoms with E-state index in [4.69, 9.17) is 10.0 Å². The molecule has 1 heterocycles. The van der Waals surface area contributed by atoms with Gasteiger partial charge in [-0.15, -0.1) is 0 Å². The SMILES string of the molecule is Cc1ncc(B(O)O)c(C)c1C. The Morgan fingerprint density at radius 2 is 1.75 bits per heavy atom. The number of nitrogens with zero attached hydrogens (tertiary/aromatic N) is 1. The maximum atomic E-state index is 8.94. The van der Waals surface area contributed by atoms with E-state index in [2.05, 4.69) is 4.98 Å². The lowest BCUT2D eigenvalue weighted by atomic mass is 9.77. The number of aryl methyl sites for hydroxylation is 1. The maximum absolute atomic E-state index is 8.94. The molecular formula is C8H12BNO2. The van der Waals surface area contributed by atoms with Crippen molar-refractivity contribution in [3.8, 4) is 0 Å². The van der Waals surface area contributed by atoms with E-state index in [1.165, 1.54) is 6.20 Å². The van der Waals surface area contributed by atoms with Gasteiger partial charge in [0, 0.05) is 17.4 Å². The zero-order valence-electron chi connectivity index (χ0n) is 7.50. The third-order valence-corrected chi connectivity index (χ3v) is 2.21. The third-order valence-electron chi connectivity index (χ3n) is 2.21. The predicted octanol–water partition coefficient (Wildman–Crippen LogP) is -0.313. The van der Waals surface area contributed by atoms with Gasteiger partial charge in [0.1, 0.15) is 0 Å². The van der Waals surface area contributed by atoms with Crippen LogP contribution >= 0.6 is 0 Å². The summed E-state index contributed by atoms with van der Waals surface area (Å²) in [5.41, 5.74) is 3.33. The highest BCUT2D eigenvalue weighted by atomic mass is 16.4. The molecule has 3 nitrogen and oxygen atoms in total. The van der Waals surface area contributed by atoms with Crippen molar-refractivity contribution in [1.82, 2.24) is 4.98 Å². The number of aromatic nitrogens is 1. The molecular weight excluding hydrogens is 153 g/mol. The molecule has 1 rings (SSSR count). The lowest BCUT2D eigenvalue weighted by molar-refractivity contribution is 0.425. The molecule has 0 saturated heterocycles. The third kappa shape index (κ3) is 1.49. The summed E-state index contributed by atoms with van der Waals surface area (Å²) in [5, 5.41) is 17.9. The van der Waals surface area contributed by atoms with Crippen LogP contribution in [0.15, 0.2) is 6.20 Å². The molecule has 0 fully saturated rings. The summed E-state index contributed by atoms with van der Waals surface area (Å²) in [4.78, 5) is 4.04. The number of pyridine rings is 1. The first-order chi connectivity index (χ1) is 5.54. The molecule has 0 amide bonds. The molecule has 64 valence electrons.